The van der Waals surface area contributed by atoms with Crippen molar-refractivity contribution < 1.29 is 19.1 Å². The highest BCUT2D eigenvalue weighted by molar-refractivity contribution is 6.13. The molecule has 1 saturated heterocycles. The van der Waals surface area contributed by atoms with E-state index in [1.165, 1.54) is 19.1 Å². The van der Waals surface area contributed by atoms with Crippen LogP contribution in [0.15, 0.2) is 36.8 Å². The zero-order valence-electron chi connectivity index (χ0n) is 24.9. The van der Waals surface area contributed by atoms with E-state index in [1.54, 1.807) is 12.3 Å². The summed E-state index contributed by atoms with van der Waals surface area (Å²) >= 11 is 0. The summed E-state index contributed by atoms with van der Waals surface area (Å²) in [5, 5.41) is 2.91. The molecule has 7 rings (SSSR count). The first-order chi connectivity index (χ1) is 21.2. The first-order valence-corrected chi connectivity index (χ1v) is 14.5. The summed E-state index contributed by atoms with van der Waals surface area (Å²) in [7, 11) is 4.82. The monoisotopic (exact) mass is 596 g/mol. The number of hydrogen-bond acceptors (Lipinski definition) is 10. The van der Waals surface area contributed by atoms with Gasteiger partial charge in [0.05, 0.1) is 25.0 Å². The number of pyridine rings is 1. The van der Waals surface area contributed by atoms with Gasteiger partial charge in [-0.25, -0.2) is 19.7 Å². The summed E-state index contributed by atoms with van der Waals surface area (Å²) in [5.41, 5.74) is 3.93. The first kappa shape index (κ1) is 27.7. The standard InChI is InChI=1S/C30H32N10O4/c1-16-7-8-31-26(32-16)20-10-21(20)28(42)34-23-11-24(36-29(35-23)44-4)37(2)13-19-14-39-12-18(17-5-6-17)9-22(27(39)33-19)40-15-25(41)38(3)30(40)43/h7-9,11-12,14,17,20-21H,5-6,10,13,15H2,1-4H3,(H,34,35,36,42). The van der Waals surface area contributed by atoms with Crippen molar-refractivity contribution in [3.63, 3.8) is 0 Å². The number of hydrogen-bond donors (Lipinski definition) is 1. The SMILES string of the molecule is COc1nc(NC(=O)C2CC2c2nccc(C)n2)cc(N(C)Cc2cn3cc(C4CC4)cc(N4CC(=O)N(C)C4=O)c3n2)n1. The Morgan fingerprint density at radius 3 is 2.66 bits per heavy atom. The third-order valence-corrected chi connectivity index (χ3v) is 8.32. The molecular formula is C30H32N10O4. The minimum absolute atomic E-state index is 0.0178. The molecule has 4 aromatic rings. The Labute approximate surface area is 253 Å². The van der Waals surface area contributed by atoms with Gasteiger partial charge in [0.15, 0.2) is 5.65 Å². The van der Waals surface area contributed by atoms with E-state index in [2.05, 4.69) is 25.3 Å². The molecule has 0 bridgehead atoms. The van der Waals surface area contributed by atoms with Gasteiger partial charge in [-0.05, 0) is 49.8 Å². The fourth-order valence-electron chi connectivity index (χ4n) is 5.58. The number of imidazole rings is 1. The number of fused-ring (bicyclic) bond motifs is 1. The van der Waals surface area contributed by atoms with Crippen molar-refractivity contribution in [2.45, 2.75) is 44.6 Å². The first-order valence-electron chi connectivity index (χ1n) is 14.5. The van der Waals surface area contributed by atoms with Crippen molar-refractivity contribution in [1.29, 1.82) is 0 Å². The number of methoxy groups -OCH3 is 1. The van der Waals surface area contributed by atoms with Crippen molar-refractivity contribution >= 4 is 40.8 Å². The van der Waals surface area contributed by atoms with Crippen LogP contribution >= 0.6 is 0 Å². The van der Waals surface area contributed by atoms with E-state index in [0.717, 1.165) is 34.7 Å². The molecule has 2 saturated carbocycles. The normalized spacial score (nSPS) is 19.5. The summed E-state index contributed by atoms with van der Waals surface area (Å²) in [6.45, 7) is 2.26. The molecule has 4 aromatic heterocycles. The number of carbonyl (C=O) groups is 3. The Kier molecular flexibility index (Phi) is 6.63. The van der Waals surface area contributed by atoms with Gasteiger partial charge in [-0.2, -0.15) is 9.97 Å². The van der Waals surface area contributed by atoms with Gasteiger partial charge in [0.25, 0.3) is 0 Å². The summed E-state index contributed by atoms with van der Waals surface area (Å²) < 4.78 is 7.27. The maximum absolute atomic E-state index is 13.1. The Morgan fingerprint density at radius 2 is 1.95 bits per heavy atom. The molecule has 3 aliphatic rings. The van der Waals surface area contributed by atoms with Gasteiger partial charge in [0.2, 0.25) is 11.8 Å². The quantitative estimate of drug-likeness (QED) is 0.286. The molecule has 1 aliphatic heterocycles. The molecule has 44 heavy (non-hydrogen) atoms. The number of likely N-dealkylation sites (N-methyl/N-ethyl adjacent to an activating group) is 1. The molecule has 0 spiro atoms. The fourth-order valence-corrected chi connectivity index (χ4v) is 5.58. The molecule has 14 nitrogen and oxygen atoms in total. The molecule has 14 heteroatoms. The lowest BCUT2D eigenvalue weighted by Gasteiger charge is -2.18. The Balaban J connectivity index is 1.11. The zero-order chi connectivity index (χ0) is 30.7. The van der Waals surface area contributed by atoms with Gasteiger partial charge in [-0.15, -0.1) is 0 Å². The largest absolute Gasteiger partial charge is 0.467 e. The van der Waals surface area contributed by atoms with Crippen LogP contribution in [0.25, 0.3) is 5.65 Å². The maximum Gasteiger partial charge on any atom is 0.331 e. The highest BCUT2D eigenvalue weighted by Crippen LogP contribution is 2.46. The number of carbonyl (C=O) groups excluding carboxylic acids is 3. The second-order valence-corrected chi connectivity index (χ2v) is 11.7. The molecule has 1 N–H and O–H groups in total. The Bertz CT molecular complexity index is 1820. The van der Waals surface area contributed by atoms with Crippen LogP contribution in [0.1, 0.15) is 53.9 Å². The molecule has 5 heterocycles. The van der Waals surface area contributed by atoms with Crippen LogP contribution in [0, 0.1) is 12.8 Å². The Morgan fingerprint density at radius 1 is 1.14 bits per heavy atom. The van der Waals surface area contributed by atoms with Gasteiger partial charge in [-0.3, -0.25) is 19.4 Å². The van der Waals surface area contributed by atoms with Gasteiger partial charge in [-0.1, -0.05) is 0 Å². The minimum Gasteiger partial charge on any atom is -0.467 e. The molecule has 4 amide bonds. The number of nitrogens with one attached hydrogen (secondary N) is 1. The zero-order valence-corrected chi connectivity index (χ0v) is 24.9. The van der Waals surface area contributed by atoms with Crippen LogP contribution in [-0.2, 0) is 16.1 Å². The van der Waals surface area contributed by atoms with Crippen LogP contribution in [0.5, 0.6) is 6.01 Å². The summed E-state index contributed by atoms with van der Waals surface area (Å²) in [4.78, 5) is 65.2. The maximum atomic E-state index is 13.1. The topological polar surface area (TPSA) is 151 Å². The molecule has 2 atom stereocenters. The van der Waals surface area contributed by atoms with Crippen LogP contribution in [0.2, 0.25) is 0 Å². The predicted octanol–water partition coefficient (Wildman–Crippen LogP) is 2.89. The lowest BCUT2D eigenvalue weighted by molar-refractivity contribution is -0.124. The van der Waals surface area contributed by atoms with Crippen LogP contribution in [0.4, 0.5) is 22.1 Å². The predicted molar refractivity (Wildman–Crippen MR) is 160 cm³/mol. The number of nitrogens with zero attached hydrogens (tertiary/aromatic N) is 9. The van der Waals surface area contributed by atoms with Crippen molar-refractivity contribution in [1.82, 2.24) is 34.2 Å². The lowest BCUT2D eigenvalue weighted by atomic mass is 10.1. The summed E-state index contributed by atoms with van der Waals surface area (Å²) in [6, 6.07) is 5.26. The number of urea groups is 1. The fraction of sp³-hybridized carbons (Fsp3) is 0.400. The number of rotatable bonds is 9. The molecule has 226 valence electrons. The van der Waals surface area contributed by atoms with E-state index < -0.39 is 0 Å². The minimum atomic E-state index is -0.363. The third-order valence-electron chi connectivity index (χ3n) is 8.32. The van der Waals surface area contributed by atoms with E-state index >= 15 is 0 Å². The average Bonchev–Trinajstić information content (AvgIpc) is 3.94. The van der Waals surface area contributed by atoms with Gasteiger partial charge >= 0.3 is 12.0 Å². The van der Waals surface area contributed by atoms with Crippen molar-refractivity contribution in [2.75, 3.05) is 42.9 Å². The number of amides is 4. The van der Waals surface area contributed by atoms with Crippen LogP contribution < -0.4 is 19.9 Å². The van der Waals surface area contributed by atoms with Crippen LogP contribution in [0.3, 0.4) is 0 Å². The molecule has 2 unspecified atom stereocenters. The highest BCUT2D eigenvalue weighted by Gasteiger charge is 2.46. The van der Waals surface area contributed by atoms with Crippen molar-refractivity contribution in [3.8, 4) is 6.01 Å². The number of anilines is 3. The molecule has 0 radical (unpaired) electrons. The average molecular weight is 597 g/mol. The van der Waals surface area contributed by atoms with Gasteiger partial charge in [0.1, 0.15) is 24.0 Å². The summed E-state index contributed by atoms with van der Waals surface area (Å²) in [6.07, 6.45) is 8.55. The number of aryl methyl sites for hydroxylation is 1. The van der Waals surface area contributed by atoms with Crippen molar-refractivity contribution in [3.05, 3.63) is 59.6 Å². The molecule has 2 aliphatic carbocycles. The molecule has 0 aromatic carbocycles. The van der Waals surface area contributed by atoms with E-state index in [9.17, 15) is 14.4 Å². The number of ether oxygens (including phenoxy) is 1. The third kappa shape index (κ3) is 5.16. The second kappa shape index (κ2) is 10.5. The lowest BCUT2D eigenvalue weighted by Crippen LogP contribution is -2.30. The van der Waals surface area contributed by atoms with Crippen molar-refractivity contribution in [2.24, 2.45) is 5.92 Å². The molecular weight excluding hydrogens is 564 g/mol. The van der Waals surface area contributed by atoms with E-state index in [0.29, 0.717) is 47.7 Å². The van der Waals surface area contributed by atoms with E-state index in [1.807, 2.05) is 47.8 Å². The van der Waals surface area contributed by atoms with Gasteiger partial charge in [0, 0.05) is 56.3 Å². The van der Waals surface area contributed by atoms with Gasteiger partial charge < -0.3 is 19.4 Å². The van der Waals surface area contributed by atoms with Crippen LogP contribution in [-0.4, -0.2) is 79.8 Å². The smallest absolute Gasteiger partial charge is 0.331 e. The second-order valence-electron chi connectivity index (χ2n) is 11.7. The molecule has 3 fully saturated rings. The highest BCUT2D eigenvalue weighted by atomic mass is 16.5. The van der Waals surface area contributed by atoms with E-state index in [4.69, 9.17) is 9.72 Å². The van der Waals surface area contributed by atoms with E-state index in [-0.39, 0.29) is 42.2 Å². The Hall–Kier alpha value is -5.14. The number of aromatic nitrogens is 6. The number of imide groups is 1. The summed E-state index contributed by atoms with van der Waals surface area (Å²) in [5.74, 6) is 1.31.